The van der Waals surface area contributed by atoms with Crippen LogP contribution in [0.3, 0.4) is 0 Å². The summed E-state index contributed by atoms with van der Waals surface area (Å²) in [6.45, 7) is 14.5. The van der Waals surface area contributed by atoms with Crippen molar-refractivity contribution in [2.75, 3.05) is 80.5 Å². The van der Waals surface area contributed by atoms with Gasteiger partial charge in [0.2, 0.25) is 0 Å². The first-order valence-electron chi connectivity index (χ1n) is 11.6. The van der Waals surface area contributed by atoms with E-state index in [0.717, 1.165) is 10.8 Å². The minimum Gasteiger partial charge on any atom is -0.306 e. The first-order valence-corrected chi connectivity index (χ1v) is 12.8. The van der Waals surface area contributed by atoms with Crippen LogP contribution in [0.15, 0.2) is 6.20 Å². The highest BCUT2D eigenvalue weighted by atomic mass is 35.5. The zero-order chi connectivity index (χ0) is 22.4. The molecule has 3 aliphatic heterocycles. The number of hydrogen-bond donors (Lipinski definition) is 0. The maximum absolute atomic E-state index is 5.47. The van der Waals surface area contributed by atoms with Crippen LogP contribution in [0.5, 0.6) is 0 Å². The Morgan fingerprint density at radius 2 is 1.20 bits per heavy atom. The van der Waals surface area contributed by atoms with Crippen molar-refractivity contribution in [2.45, 2.75) is 46.0 Å². The molecule has 3 aliphatic rings. The fraction of sp³-hybridized carbons (Fsp3) is 0.870. The summed E-state index contributed by atoms with van der Waals surface area (Å²) in [4.78, 5) is 14.5. The maximum atomic E-state index is 5.47. The van der Waals surface area contributed by atoms with Crippen LogP contribution in [-0.2, 0) is 0 Å². The minimum absolute atomic E-state index is 0.623. The average Bonchev–Trinajstić information content (AvgIpc) is 3.11. The molecule has 4 heterocycles. The number of rotatable bonds is 0. The highest BCUT2D eigenvalue weighted by molar-refractivity contribution is 7.15. The third-order valence-corrected chi connectivity index (χ3v) is 6.94. The quantitative estimate of drug-likeness (QED) is 0.572. The van der Waals surface area contributed by atoms with Crippen molar-refractivity contribution in [1.29, 1.82) is 0 Å². The Morgan fingerprint density at radius 3 is 1.47 bits per heavy atom. The lowest BCUT2D eigenvalue weighted by Crippen LogP contribution is -2.42. The van der Waals surface area contributed by atoms with E-state index in [0.29, 0.717) is 4.47 Å². The van der Waals surface area contributed by atoms with Gasteiger partial charge in [-0.1, -0.05) is 24.9 Å². The number of nitrogens with zero attached hydrogens (tertiary/aromatic N) is 5. The Kier molecular flexibility index (Phi) is 15.2. The minimum atomic E-state index is 0.623. The second-order valence-corrected chi connectivity index (χ2v) is 11.0. The summed E-state index contributed by atoms with van der Waals surface area (Å²) >= 11 is 6.96. The number of piperazine rings is 1. The van der Waals surface area contributed by atoms with Crippen molar-refractivity contribution in [1.82, 2.24) is 24.6 Å². The number of hydrogen-bond acceptors (Lipinski definition) is 6. The molecule has 1 aromatic heterocycles. The van der Waals surface area contributed by atoms with Gasteiger partial charge in [-0.3, -0.25) is 0 Å². The molecule has 0 N–H and O–H groups in total. The molecule has 0 radical (unpaired) electrons. The number of aromatic nitrogens is 1. The third kappa shape index (κ3) is 14.7. The van der Waals surface area contributed by atoms with Crippen molar-refractivity contribution >= 4 is 22.9 Å². The summed E-state index contributed by atoms with van der Waals surface area (Å²) in [6.07, 6.45) is 8.83. The number of aryl methyl sites for hydroxylation is 1. The summed E-state index contributed by atoms with van der Waals surface area (Å²) in [5.74, 6) is 0.978. The van der Waals surface area contributed by atoms with Gasteiger partial charge < -0.3 is 19.6 Å². The van der Waals surface area contributed by atoms with Gasteiger partial charge in [0.15, 0.2) is 4.47 Å². The Hall–Kier alpha value is -0.240. The SMILES string of the molecule is CC1CCN(C)CC1.CN1CCCCC1.CN1CCN(C)CC1.Cc1cnc(Cl)s1. The van der Waals surface area contributed by atoms with Crippen LogP contribution in [0.25, 0.3) is 0 Å². The van der Waals surface area contributed by atoms with Gasteiger partial charge in [0.05, 0.1) is 0 Å². The molecule has 7 heteroatoms. The predicted octanol–water partition coefficient (Wildman–Crippen LogP) is 4.42. The summed E-state index contributed by atoms with van der Waals surface area (Å²) in [7, 11) is 8.74. The van der Waals surface area contributed by atoms with Crippen molar-refractivity contribution in [3.05, 3.63) is 15.5 Å². The van der Waals surface area contributed by atoms with Gasteiger partial charge in [0.25, 0.3) is 0 Å². The molecule has 1 aromatic rings. The monoisotopic (exact) mass is 459 g/mol. The van der Waals surface area contributed by atoms with Crippen LogP contribution in [0, 0.1) is 12.8 Å². The van der Waals surface area contributed by atoms with Crippen LogP contribution >= 0.6 is 22.9 Å². The third-order valence-electron chi connectivity index (χ3n) is 5.91. The molecule has 0 atom stereocenters. The van der Waals surface area contributed by atoms with E-state index in [9.17, 15) is 0 Å². The Bertz CT molecular complexity index is 463. The summed E-state index contributed by atoms with van der Waals surface area (Å²) < 4.78 is 0.623. The zero-order valence-corrected chi connectivity index (χ0v) is 21.9. The van der Waals surface area contributed by atoms with Gasteiger partial charge in [0, 0.05) is 37.3 Å². The molecule has 176 valence electrons. The number of piperidine rings is 2. The highest BCUT2D eigenvalue weighted by Gasteiger charge is 2.10. The highest BCUT2D eigenvalue weighted by Crippen LogP contribution is 2.15. The Labute approximate surface area is 195 Å². The predicted molar refractivity (Wildman–Crippen MR) is 134 cm³/mol. The molecule has 30 heavy (non-hydrogen) atoms. The molecular weight excluding hydrogens is 414 g/mol. The summed E-state index contributed by atoms with van der Waals surface area (Å²) in [5.41, 5.74) is 0. The first-order chi connectivity index (χ1) is 14.3. The van der Waals surface area contributed by atoms with E-state index in [1.54, 1.807) is 6.20 Å². The second kappa shape index (κ2) is 16.4. The number of likely N-dealkylation sites (tertiary alicyclic amines) is 2. The topological polar surface area (TPSA) is 25.9 Å². The lowest BCUT2D eigenvalue weighted by Gasteiger charge is -2.28. The van der Waals surface area contributed by atoms with E-state index in [4.69, 9.17) is 11.6 Å². The molecule has 4 rings (SSSR count). The molecule has 0 spiro atoms. The fourth-order valence-electron chi connectivity index (χ4n) is 3.42. The van der Waals surface area contributed by atoms with Gasteiger partial charge in [-0.25, -0.2) is 4.98 Å². The van der Waals surface area contributed by atoms with E-state index >= 15 is 0 Å². The van der Waals surface area contributed by atoms with Crippen LogP contribution in [0.4, 0.5) is 0 Å². The molecule has 0 unspecified atom stereocenters. The lowest BCUT2D eigenvalue weighted by atomic mass is 10.00. The Balaban J connectivity index is 0.000000200. The van der Waals surface area contributed by atoms with Gasteiger partial charge in [-0.05, 0) is 92.9 Å². The zero-order valence-electron chi connectivity index (χ0n) is 20.4. The number of thiazole rings is 1. The van der Waals surface area contributed by atoms with Crippen LogP contribution in [0.1, 0.15) is 43.9 Å². The summed E-state index contributed by atoms with van der Waals surface area (Å²) in [5, 5.41) is 0. The van der Waals surface area contributed by atoms with Crippen molar-refractivity contribution < 1.29 is 0 Å². The van der Waals surface area contributed by atoms with E-state index < -0.39 is 0 Å². The molecular formula is C23H46ClN5S. The lowest BCUT2D eigenvalue weighted by molar-refractivity contribution is 0.181. The van der Waals surface area contributed by atoms with E-state index in [2.05, 4.69) is 59.7 Å². The Morgan fingerprint density at radius 1 is 0.767 bits per heavy atom. The molecule has 3 saturated heterocycles. The van der Waals surface area contributed by atoms with Gasteiger partial charge in [-0.15, -0.1) is 11.3 Å². The second-order valence-electron chi connectivity index (χ2n) is 9.18. The van der Waals surface area contributed by atoms with E-state index in [-0.39, 0.29) is 0 Å². The number of halogens is 1. The standard InChI is InChI=1S/C7H15N.C6H14N2.C6H13N.C4H4ClNS/c2*1-7-3-5-8(2)6-4-7;1-7-5-3-2-4-6-7;1-3-2-6-4(5)7-3/h7H,3-6H2,1-2H3;3-6H2,1-2H3;2-6H2,1H3;2H,1H3. The smallest absolute Gasteiger partial charge is 0.183 e. The van der Waals surface area contributed by atoms with Gasteiger partial charge in [0.1, 0.15) is 0 Å². The molecule has 0 saturated carbocycles. The van der Waals surface area contributed by atoms with E-state index in [1.165, 1.54) is 95.8 Å². The average molecular weight is 460 g/mol. The van der Waals surface area contributed by atoms with Gasteiger partial charge in [-0.2, -0.15) is 0 Å². The van der Waals surface area contributed by atoms with Crippen LogP contribution in [-0.4, -0.2) is 105 Å². The molecule has 0 aromatic carbocycles. The van der Waals surface area contributed by atoms with Crippen molar-refractivity contribution in [2.24, 2.45) is 5.92 Å². The summed E-state index contributed by atoms with van der Waals surface area (Å²) in [6, 6.07) is 0. The number of likely N-dealkylation sites (N-methyl/N-ethyl adjacent to an activating group) is 2. The van der Waals surface area contributed by atoms with Crippen molar-refractivity contribution in [3.8, 4) is 0 Å². The van der Waals surface area contributed by atoms with Crippen LogP contribution in [0.2, 0.25) is 4.47 Å². The van der Waals surface area contributed by atoms with Crippen molar-refractivity contribution in [3.63, 3.8) is 0 Å². The normalized spacial score (nSPS) is 22.1. The first kappa shape index (κ1) is 27.8. The fourth-order valence-corrected chi connectivity index (χ4v) is 4.31. The molecule has 3 fully saturated rings. The van der Waals surface area contributed by atoms with Gasteiger partial charge >= 0.3 is 0 Å². The molecule has 0 amide bonds. The van der Waals surface area contributed by atoms with Crippen LogP contribution < -0.4 is 0 Å². The molecule has 0 aliphatic carbocycles. The maximum Gasteiger partial charge on any atom is 0.183 e. The van der Waals surface area contributed by atoms with E-state index in [1.807, 2.05) is 6.92 Å². The molecule has 5 nitrogen and oxygen atoms in total. The molecule has 0 bridgehead atoms. The largest absolute Gasteiger partial charge is 0.306 e.